The van der Waals surface area contributed by atoms with E-state index in [1.54, 1.807) is 36.7 Å². The summed E-state index contributed by atoms with van der Waals surface area (Å²) in [5.41, 5.74) is 7.22. The van der Waals surface area contributed by atoms with Crippen LogP contribution in [-0.2, 0) is 13.9 Å². The normalized spacial score (nSPS) is 19.5. The van der Waals surface area contributed by atoms with E-state index >= 15 is 0 Å². The number of rotatable bonds is 13. The Labute approximate surface area is 220 Å². The number of anilines is 2. The molecule has 0 radical (unpaired) electrons. The first-order chi connectivity index (χ1) is 18.1. The third-order valence-corrected chi connectivity index (χ3v) is 7.59. The van der Waals surface area contributed by atoms with Crippen LogP contribution in [0.2, 0.25) is 0 Å². The second kappa shape index (κ2) is 11.9. The van der Waals surface area contributed by atoms with Crippen molar-refractivity contribution in [3.8, 4) is 5.75 Å². The van der Waals surface area contributed by atoms with E-state index in [4.69, 9.17) is 14.8 Å². The average Bonchev–Trinajstić information content (AvgIpc) is 3.50. The molecule has 4 atom stereocenters. The summed E-state index contributed by atoms with van der Waals surface area (Å²) in [6, 6.07) is 7.25. The molecule has 0 unspecified atom stereocenters. The van der Waals surface area contributed by atoms with Crippen LogP contribution in [0.5, 0.6) is 5.75 Å². The van der Waals surface area contributed by atoms with Gasteiger partial charge in [-0.05, 0) is 39.6 Å². The van der Waals surface area contributed by atoms with Crippen molar-refractivity contribution in [2.24, 2.45) is 5.92 Å². The monoisotopic (exact) mass is 544 g/mol. The molecule has 0 spiro atoms. The summed E-state index contributed by atoms with van der Waals surface area (Å²) in [6.07, 6.45) is 6.29. The van der Waals surface area contributed by atoms with Crippen molar-refractivity contribution >= 4 is 36.6 Å². The van der Waals surface area contributed by atoms with E-state index in [0.29, 0.717) is 35.7 Å². The second-order valence-corrected chi connectivity index (χ2v) is 11.0. The zero-order chi connectivity index (χ0) is 27.3. The molecule has 0 bridgehead atoms. The molecule has 0 amide bonds. The Morgan fingerprint density at radius 1 is 1.29 bits per heavy atom. The predicted octanol–water partition coefficient (Wildman–Crippen LogP) is 2.77. The fraction of sp³-hybridized carbons (Fsp3) is 0.417. The van der Waals surface area contributed by atoms with Crippen LogP contribution in [0.1, 0.15) is 19.4 Å². The number of carbonyl (C=O) groups is 1. The minimum Gasteiger partial charge on any atom is -0.480 e. The van der Waals surface area contributed by atoms with Gasteiger partial charge < -0.3 is 30.1 Å². The molecule has 5 N–H and O–H groups in total. The van der Waals surface area contributed by atoms with Gasteiger partial charge in [0.15, 0.2) is 17.0 Å². The summed E-state index contributed by atoms with van der Waals surface area (Å²) in [5.74, 6) is -0.254. The number of fused-ring (bicyclic) bond motifs is 1. The largest absolute Gasteiger partial charge is 0.480 e. The van der Waals surface area contributed by atoms with Crippen LogP contribution in [0.4, 0.5) is 11.8 Å². The van der Waals surface area contributed by atoms with Crippen LogP contribution in [0.3, 0.4) is 0 Å². The van der Waals surface area contributed by atoms with Gasteiger partial charge in [-0.1, -0.05) is 30.4 Å². The lowest BCUT2D eigenvalue weighted by atomic mass is 10.1. The summed E-state index contributed by atoms with van der Waals surface area (Å²) < 4.78 is 26.7. The Morgan fingerprint density at radius 3 is 2.76 bits per heavy atom. The zero-order valence-corrected chi connectivity index (χ0v) is 22.4. The van der Waals surface area contributed by atoms with E-state index in [0.717, 1.165) is 6.54 Å². The molecule has 2 heterocycles. The van der Waals surface area contributed by atoms with Crippen LogP contribution in [0.25, 0.3) is 11.2 Å². The van der Waals surface area contributed by atoms with Crippen LogP contribution in [0, 0.1) is 5.92 Å². The number of likely N-dealkylation sites (N-methyl/N-ethyl adjacent to an activating group) is 1. The minimum absolute atomic E-state index is 0.0531. The maximum Gasteiger partial charge on any atom is 0.459 e. The van der Waals surface area contributed by atoms with Gasteiger partial charge in [-0.2, -0.15) is 15.1 Å². The highest BCUT2D eigenvalue weighted by atomic mass is 31.2. The van der Waals surface area contributed by atoms with Gasteiger partial charge in [0.2, 0.25) is 5.95 Å². The molecule has 2 aromatic heterocycles. The first-order valence-electron chi connectivity index (χ1n) is 12.2. The number of nitrogens with zero attached hydrogens (tertiary/aromatic N) is 5. The van der Waals surface area contributed by atoms with Gasteiger partial charge in [-0.15, -0.1) is 0 Å². The lowest BCUT2D eigenvalue weighted by molar-refractivity contribution is -0.138. The highest BCUT2D eigenvalue weighted by molar-refractivity contribution is 7.52. The molecular formula is C24H33N8O5P. The van der Waals surface area contributed by atoms with Crippen molar-refractivity contribution < 1.29 is 23.5 Å². The van der Waals surface area contributed by atoms with E-state index in [9.17, 15) is 14.5 Å². The zero-order valence-electron chi connectivity index (χ0n) is 21.5. The Morgan fingerprint density at radius 2 is 2.05 bits per heavy atom. The topological polar surface area (TPSA) is 170 Å². The SMILES string of the molecule is C[C@H](N[P@](=O)(OC[C@@H]1C=C[C@H](n2cnc3c(NCCN(C)C)nc(N)nc32)C1)Oc1ccccc1)C(=O)O. The molecule has 0 saturated heterocycles. The average molecular weight is 545 g/mol. The second-order valence-electron chi connectivity index (χ2n) is 9.32. The van der Waals surface area contributed by atoms with Crippen LogP contribution in [0.15, 0.2) is 48.8 Å². The number of allylic oxidation sites excluding steroid dienone is 1. The van der Waals surface area contributed by atoms with Crippen molar-refractivity contribution in [3.63, 3.8) is 0 Å². The first kappa shape index (κ1) is 27.5. The molecule has 1 aliphatic carbocycles. The number of aromatic nitrogens is 4. The fourth-order valence-corrected chi connectivity index (χ4v) is 5.53. The van der Waals surface area contributed by atoms with Crippen LogP contribution >= 0.6 is 7.75 Å². The van der Waals surface area contributed by atoms with E-state index in [2.05, 4.69) is 30.3 Å². The van der Waals surface area contributed by atoms with Gasteiger partial charge in [0.1, 0.15) is 11.8 Å². The molecule has 0 aliphatic heterocycles. The number of hydrogen-bond donors (Lipinski definition) is 4. The Hall–Kier alpha value is -3.51. The number of benzene rings is 1. The maximum atomic E-state index is 13.4. The Balaban J connectivity index is 1.44. The number of para-hydroxylation sites is 1. The van der Waals surface area contributed by atoms with E-state index in [-0.39, 0.29) is 24.5 Å². The summed E-state index contributed by atoms with van der Waals surface area (Å²) in [4.78, 5) is 26.7. The molecular weight excluding hydrogens is 511 g/mol. The smallest absolute Gasteiger partial charge is 0.459 e. The molecule has 0 saturated carbocycles. The minimum atomic E-state index is -3.99. The number of nitrogens with one attached hydrogen (secondary N) is 2. The molecule has 38 heavy (non-hydrogen) atoms. The summed E-state index contributed by atoms with van der Waals surface area (Å²) in [7, 11) is -0.00959. The number of aliphatic carboxylic acids is 1. The van der Waals surface area contributed by atoms with E-state index < -0.39 is 19.8 Å². The summed E-state index contributed by atoms with van der Waals surface area (Å²) in [6.45, 7) is 2.92. The van der Waals surface area contributed by atoms with Crippen LogP contribution < -0.4 is 20.7 Å². The third-order valence-electron chi connectivity index (χ3n) is 5.95. The molecule has 13 nitrogen and oxygen atoms in total. The van der Waals surface area contributed by atoms with Crippen molar-refractivity contribution in [2.75, 3.05) is 44.8 Å². The first-order valence-corrected chi connectivity index (χ1v) is 13.7. The van der Waals surface area contributed by atoms with Gasteiger partial charge in [0, 0.05) is 19.0 Å². The number of carboxylic acids is 1. The molecule has 204 valence electrons. The van der Waals surface area contributed by atoms with E-state index in [1.165, 1.54) is 6.92 Å². The van der Waals surface area contributed by atoms with E-state index in [1.807, 2.05) is 30.8 Å². The molecule has 4 rings (SSSR count). The summed E-state index contributed by atoms with van der Waals surface area (Å²) >= 11 is 0. The van der Waals surface area contributed by atoms with Crippen molar-refractivity contribution in [3.05, 3.63) is 48.8 Å². The Kier molecular flexibility index (Phi) is 8.62. The molecule has 1 aliphatic rings. The molecule has 0 fully saturated rings. The van der Waals surface area contributed by atoms with Gasteiger partial charge in [0.05, 0.1) is 19.0 Å². The van der Waals surface area contributed by atoms with Crippen molar-refractivity contribution in [1.82, 2.24) is 29.5 Å². The van der Waals surface area contributed by atoms with Gasteiger partial charge in [-0.3, -0.25) is 9.32 Å². The maximum absolute atomic E-state index is 13.4. The van der Waals surface area contributed by atoms with Gasteiger partial charge in [-0.25, -0.2) is 9.55 Å². The quantitative estimate of drug-likeness (QED) is 0.184. The number of hydrogen-bond acceptors (Lipinski definition) is 10. The van der Waals surface area contributed by atoms with Crippen LogP contribution in [-0.4, -0.2) is 75.3 Å². The highest BCUT2D eigenvalue weighted by Crippen LogP contribution is 2.46. The fourth-order valence-electron chi connectivity index (χ4n) is 3.98. The lowest BCUT2D eigenvalue weighted by Crippen LogP contribution is -2.33. The molecule has 1 aromatic carbocycles. The molecule has 3 aromatic rings. The third kappa shape index (κ3) is 6.87. The van der Waals surface area contributed by atoms with Gasteiger partial charge in [0.25, 0.3) is 0 Å². The number of nitrogen functional groups attached to an aromatic ring is 1. The van der Waals surface area contributed by atoms with Crippen molar-refractivity contribution in [2.45, 2.75) is 25.4 Å². The van der Waals surface area contributed by atoms with Gasteiger partial charge >= 0.3 is 13.7 Å². The molecule has 14 heteroatoms. The highest BCUT2D eigenvalue weighted by Gasteiger charge is 2.33. The number of nitrogens with two attached hydrogens (primary N) is 1. The number of carboxylic acid groups (broad SMARTS) is 1. The Bertz CT molecular complexity index is 1330. The standard InChI is InChI=1S/C24H33N8O5P/c1-16(23(33)34)30-38(35,37-19-7-5-4-6-8-19)36-14-17-9-10-18(13-17)32-15-27-20-21(26-11-12-31(2)3)28-24(25)29-22(20)32/h4-10,15-18H,11-14H2,1-3H3,(H,30,35)(H,33,34)(H3,25,26,28,29)/t16-,17+,18-,38-/m0/s1. The predicted molar refractivity (Wildman–Crippen MR) is 144 cm³/mol. The van der Waals surface area contributed by atoms with Crippen molar-refractivity contribution in [1.29, 1.82) is 0 Å². The number of imidazole rings is 1. The lowest BCUT2D eigenvalue weighted by Gasteiger charge is -2.23. The summed E-state index contributed by atoms with van der Waals surface area (Å²) in [5, 5.41) is 15.1.